The normalized spacial score (nSPS) is 14.1. The predicted molar refractivity (Wildman–Crippen MR) is 102 cm³/mol. The molecule has 0 spiro atoms. The van der Waals surface area contributed by atoms with Crippen LogP contribution in [0.1, 0.15) is 42.1 Å². The lowest BCUT2D eigenvalue weighted by atomic mass is 10.0. The number of alkyl halides is 3. The van der Waals surface area contributed by atoms with Crippen LogP contribution in [0.3, 0.4) is 0 Å². The fourth-order valence-corrected chi connectivity index (χ4v) is 3.22. The molecule has 0 bridgehead atoms. The third-order valence-electron chi connectivity index (χ3n) is 4.04. The third kappa shape index (κ3) is 7.05. The summed E-state index contributed by atoms with van der Waals surface area (Å²) < 4.78 is 48.5. The van der Waals surface area contributed by atoms with E-state index in [1.807, 2.05) is 38.1 Å². The SMILES string of the molecule is CCOCCOc1ccc(C(C)CNCC(O)c2csc(C(F)(F)F)n2)cc1. The van der Waals surface area contributed by atoms with Gasteiger partial charge >= 0.3 is 6.18 Å². The number of benzene rings is 1. The number of aromatic nitrogens is 1. The predicted octanol–water partition coefficient (Wildman–Crippen LogP) is 4.00. The summed E-state index contributed by atoms with van der Waals surface area (Å²) in [5, 5.41) is 13.4. The second kappa shape index (κ2) is 10.8. The lowest BCUT2D eigenvalue weighted by Gasteiger charge is -2.15. The van der Waals surface area contributed by atoms with E-state index in [1.54, 1.807) is 0 Å². The summed E-state index contributed by atoms with van der Waals surface area (Å²) in [5.74, 6) is 0.925. The first-order chi connectivity index (χ1) is 13.3. The number of hydrogen-bond acceptors (Lipinski definition) is 6. The maximum atomic E-state index is 12.6. The number of hydrogen-bond donors (Lipinski definition) is 2. The van der Waals surface area contributed by atoms with Crippen molar-refractivity contribution in [1.82, 2.24) is 10.3 Å². The molecule has 0 aliphatic carbocycles. The molecule has 9 heteroatoms. The van der Waals surface area contributed by atoms with Gasteiger partial charge in [-0.25, -0.2) is 4.98 Å². The Labute approximate surface area is 166 Å². The van der Waals surface area contributed by atoms with Crippen molar-refractivity contribution in [2.24, 2.45) is 0 Å². The molecule has 2 aromatic rings. The van der Waals surface area contributed by atoms with Crippen LogP contribution in [-0.4, -0.2) is 43.0 Å². The van der Waals surface area contributed by atoms with Crippen LogP contribution in [0.25, 0.3) is 0 Å². The summed E-state index contributed by atoms with van der Waals surface area (Å²) in [7, 11) is 0. The Balaban J connectivity index is 1.75. The van der Waals surface area contributed by atoms with Crippen molar-refractivity contribution in [2.75, 3.05) is 32.9 Å². The Morgan fingerprint density at radius 3 is 2.50 bits per heavy atom. The minimum Gasteiger partial charge on any atom is -0.491 e. The molecule has 1 aromatic heterocycles. The average molecular weight is 418 g/mol. The minimum atomic E-state index is -4.48. The Kier molecular flexibility index (Phi) is 8.68. The van der Waals surface area contributed by atoms with E-state index in [2.05, 4.69) is 10.3 Å². The molecular weight excluding hydrogens is 393 g/mol. The van der Waals surface area contributed by atoms with Gasteiger partial charge in [0.2, 0.25) is 0 Å². The van der Waals surface area contributed by atoms with E-state index in [4.69, 9.17) is 9.47 Å². The first-order valence-corrected chi connectivity index (χ1v) is 9.91. The highest BCUT2D eigenvalue weighted by Gasteiger charge is 2.35. The zero-order chi connectivity index (χ0) is 20.6. The highest BCUT2D eigenvalue weighted by molar-refractivity contribution is 7.09. The molecule has 0 amide bonds. The van der Waals surface area contributed by atoms with Gasteiger partial charge in [-0.15, -0.1) is 11.3 Å². The van der Waals surface area contributed by atoms with Crippen molar-refractivity contribution in [1.29, 1.82) is 0 Å². The van der Waals surface area contributed by atoms with Crippen LogP contribution < -0.4 is 10.1 Å². The first-order valence-electron chi connectivity index (χ1n) is 9.03. The quantitative estimate of drug-likeness (QED) is 0.540. The number of nitrogens with zero attached hydrogens (tertiary/aromatic N) is 1. The highest BCUT2D eigenvalue weighted by atomic mass is 32.1. The van der Waals surface area contributed by atoms with Crippen molar-refractivity contribution in [3.05, 3.63) is 45.9 Å². The molecular formula is C19H25F3N2O3S. The third-order valence-corrected chi connectivity index (χ3v) is 4.95. The summed E-state index contributed by atoms with van der Waals surface area (Å²) in [6, 6.07) is 7.71. The molecule has 2 N–H and O–H groups in total. The number of nitrogens with one attached hydrogen (secondary N) is 1. The summed E-state index contributed by atoms with van der Waals surface area (Å²) >= 11 is 0.487. The molecule has 2 unspecified atom stereocenters. The van der Waals surface area contributed by atoms with Crippen LogP contribution in [0.5, 0.6) is 5.75 Å². The number of aliphatic hydroxyl groups excluding tert-OH is 1. The van der Waals surface area contributed by atoms with Crippen LogP contribution >= 0.6 is 11.3 Å². The average Bonchev–Trinajstić information content (AvgIpc) is 3.16. The summed E-state index contributed by atoms with van der Waals surface area (Å²) in [4.78, 5) is 3.46. The molecule has 1 heterocycles. The van der Waals surface area contributed by atoms with Crippen LogP contribution in [0.2, 0.25) is 0 Å². The topological polar surface area (TPSA) is 63.6 Å². The zero-order valence-electron chi connectivity index (χ0n) is 15.8. The smallest absolute Gasteiger partial charge is 0.443 e. The van der Waals surface area contributed by atoms with Gasteiger partial charge in [0.25, 0.3) is 0 Å². The molecule has 0 radical (unpaired) electrons. The number of halogens is 3. The summed E-state index contributed by atoms with van der Waals surface area (Å²) in [6.07, 6.45) is -5.57. The molecule has 2 atom stereocenters. The van der Waals surface area contributed by atoms with E-state index in [1.165, 1.54) is 5.38 Å². The van der Waals surface area contributed by atoms with E-state index >= 15 is 0 Å². The molecule has 2 rings (SSSR count). The molecule has 0 saturated carbocycles. The molecule has 0 saturated heterocycles. The van der Waals surface area contributed by atoms with Crippen LogP contribution in [-0.2, 0) is 10.9 Å². The molecule has 1 aromatic carbocycles. The van der Waals surface area contributed by atoms with Crippen molar-refractivity contribution >= 4 is 11.3 Å². The van der Waals surface area contributed by atoms with Crippen molar-refractivity contribution in [2.45, 2.75) is 32.0 Å². The number of aliphatic hydroxyl groups is 1. The maximum absolute atomic E-state index is 12.6. The van der Waals surface area contributed by atoms with Crippen molar-refractivity contribution in [3.63, 3.8) is 0 Å². The van der Waals surface area contributed by atoms with Crippen LogP contribution in [0.15, 0.2) is 29.6 Å². The van der Waals surface area contributed by atoms with Gasteiger partial charge in [0.05, 0.1) is 12.3 Å². The van der Waals surface area contributed by atoms with Gasteiger partial charge in [-0.05, 0) is 30.5 Å². The van der Waals surface area contributed by atoms with E-state index in [-0.39, 0.29) is 18.2 Å². The maximum Gasteiger partial charge on any atom is 0.443 e. The molecule has 156 valence electrons. The number of rotatable bonds is 11. The molecule has 28 heavy (non-hydrogen) atoms. The van der Waals surface area contributed by atoms with E-state index < -0.39 is 17.3 Å². The van der Waals surface area contributed by atoms with Gasteiger partial charge in [0.1, 0.15) is 18.5 Å². The summed E-state index contributed by atoms with van der Waals surface area (Å²) in [5.41, 5.74) is 1.12. The van der Waals surface area contributed by atoms with Crippen LogP contribution in [0, 0.1) is 0 Å². The largest absolute Gasteiger partial charge is 0.491 e. The number of thiazole rings is 1. The van der Waals surface area contributed by atoms with Gasteiger partial charge in [-0.1, -0.05) is 19.1 Å². The Morgan fingerprint density at radius 2 is 1.89 bits per heavy atom. The standard InChI is InChI=1S/C19H25F3N2O3S/c1-3-26-8-9-27-15-6-4-14(5-7-15)13(2)10-23-11-17(25)16-12-28-18(24-16)19(20,21)22/h4-7,12-13,17,23,25H,3,8-11H2,1-2H3. The molecule has 5 nitrogen and oxygen atoms in total. The molecule has 0 aliphatic heterocycles. The fraction of sp³-hybridized carbons (Fsp3) is 0.526. The Bertz CT molecular complexity index is 707. The fourth-order valence-electron chi connectivity index (χ4n) is 2.48. The Hall–Kier alpha value is -1.68. The lowest BCUT2D eigenvalue weighted by Crippen LogP contribution is -2.25. The molecule has 0 aliphatic rings. The lowest BCUT2D eigenvalue weighted by molar-refractivity contribution is -0.137. The molecule has 0 fully saturated rings. The Morgan fingerprint density at radius 1 is 1.18 bits per heavy atom. The summed E-state index contributed by atoms with van der Waals surface area (Å²) in [6.45, 7) is 6.35. The van der Waals surface area contributed by atoms with Gasteiger partial charge in [-0.2, -0.15) is 13.2 Å². The second-order valence-electron chi connectivity index (χ2n) is 6.26. The minimum absolute atomic E-state index is 0.0334. The van der Waals surface area contributed by atoms with Gasteiger partial charge in [0.15, 0.2) is 5.01 Å². The monoisotopic (exact) mass is 418 g/mol. The van der Waals surface area contributed by atoms with Crippen molar-refractivity contribution in [3.8, 4) is 5.75 Å². The van der Waals surface area contributed by atoms with Crippen LogP contribution in [0.4, 0.5) is 13.2 Å². The number of ether oxygens (including phenoxy) is 2. The van der Waals surface area contributed by atoms with Gasteiger partial charge in [-0.3, -0.25) is 0 Å². The van der Waals surface area contributed by atoms with E-state index in [0.717, 1.165) is 11.3 Å². The first kappa shape index (κ1) is 22.6. The zero-order valence-corrected chi connectivity index (χ0v) is 16.6. The van der Waals surface area contributed by atoms with E-state index in [9.17, 15) is 18.3 Å². The second-order valence-corrected chi connectivity index (χ2v) is 7.12. The van der Waals surface area contributed by atoms with Gasteiger partial charge < -0.3 is 19.9 Å². The van der Waals surface area contributed by atoms with Crippen molar-refractivity contribution < 1.29 is 27.8 Å². The van der Waals surface area contributed by atoms with Gasteiger partial charge in [0, 0.05) is 25.1 Å². The highest BCUT2D eigenvalue weighted by Crippen LogP contribution is 2.32. The van der Waals surface area contributed by atoms with E-state index in [0.29, 0.717) is 37.7 Å².